The fraction of sp³-hybridized carbons (Fsp3) is 0.273. The molecule has 2 heterocycles. The summed E-state index contributed by atoms with van der Waals surface area (Å²) in [5.41, 5.74) is 2.29. The predicted molar refractivity (Wildman–Crippen MR) is 118 cm³/mol. The summed E-state index contributed by atoms with van der Waals surface area (Å²) in [6, 6.07) is 12.9. The van der Waals surface area contributed by atoms with Gasteiger partial charge in [0.25, 0.3) is 0 Å². The van der Waals surface area contributed by atoms with Crippen molar-refractivity contribution in [2.45, 2.75) is 12.8 Å². The number of aryl methyl sites for hydroxylation is 1. The molecular weight excluding hydrogens is 425 g/mol. The molecule has 0 aliphatic carbocycles. The molecule has 4 rings (SSSR count). The number of morpholine rings is 1. The minimum atomic E-state index is -0.135. The normalized spacial score (nSPS) is 14.0. The smallest absolute Gasteiger partial charge is 0.224 e. The van der Waals surface area contributed by atoms with Crippen molar-refractivity contribution in [2.24, 2.45) is 0 Å². The average molecular weight is 446 g/mol. The van der Waals surface area contributed by atoms with Crippen molar-refractivity contribution in [3.05, 3.63) is 64.6 Å². The lowest BCUT2D eigenvalue weighted by Gasteiger charge is -2.31. The van der Waals surface area contributed by atoms with Gasteiger partial charge in [-0.25, -0.2) is 4.98 Å². The summed E-state index contributed by atoms with van der Waals surface area (Å²) in [6.07, 6.45) is 2.24. The first-order valence-corrected chi connectivity index (χ1v) is 10.5. The van der Waals surface area contributed by atoms with E-state index in [1.807, 2.05) is 36.4 Å². The Morgan fingerprint density at radius 2 is 1.83 bits per heavy atom. The standard InChI is InChI=1S/C22H21Cl2N3O3/c23-16-5-2-1-4-15(16)19-14-25-21(30-19)9-8-20(28)26-18-7-3-6-17(24)22(18)27-10-12-29-13-11-27/h1-7,14H,8-13H2,(H,26,28). The van der Waals surface area contributed by atoms with Crippen LogP contribution in [0.1, 0.15) is 12.3 Å². The fourth-order valence-corrected chi connectivity index (χ4v) is 3.89. The van der Waals surface area contributed by atoms with E-state index in [1.165, 1.54) is 0 Å². The van der Waals surface area contributed by atoms with Crippen LogP contribution < -0.4 is 10.2 Å². The van der Waals surface area contributed by atoms with Gasteiger partial charge in [0.15, 0.2) is 11.7 Å². The van der Waals surface area contributed by atoms with Crippen molar-refractivity contribution in [1.82, 2.24) is 4.98 Å². The van der Waals surface area contributed by atoms with Crippen LogP contribution in [0.5, 0.6) is 0 Å². The highest BCUT2D eigenvalue weighted by Gasteiger charge is 2.19. The third-order valence-electron chi connectivity index (χ3n) is 4.85. The molecule has 156 valence electrons. The van der Waals surface area contributed by atoms with E-state index < -0.39 is 0 Å². The van der Waals surface area contributed by atoms with Gasteiger partial charge >= 0.3 is 0 Å². The topological polar surface area (TPSA) is 67.6 Å². The number of nitrogens with one attached hydrogen (secondary N) is 1. The van der Waals surface area contributed by atoms with Crippen molar-refractivity contribution < 1.29 is 13.9 Å². The number of rotatable bonds is 6. The number of amides is 1. The molecule has 8 heteroatoms. The molecule has 0 saturated carbocycles. The van der Waals surface area contributed by atoms with Gasteiger partial charge in [-0.2, -0.15) is 0 Å². The molecule has 1 saturated heterocycles. The minimum absolute atomic E-state index is 0.135. The van der Waals surface area contributed by atoms with Crippen LogP contribution in [0.15, 0.2) is 53.1 Å². The third-order valence-corrected chi connectivity index (χ3v) is 5.48. The molecule has 0 unspecified atom stereocenters. The number of carbonyl (C=O) groups is 1. The summed E-state index contributed by atoms with van der Waals surface area (Å²) in [5.74, 6) is 0.935. The molecule has 0 atom stereocenters. The molecule has 1 aromatic heterocycles. The Kier molecular flexibility index (Phi) is 6.57. The number of nitrogens with zero attached hydrogens (tertiary/aromatic N) is 2. The molecule has 1 aliphatic rings. The number of halogens is 2. The van der Waals surface area contributed by atoms with Gasteiger partial charge in [0.2, 0.25) is 5.91 Å². The van der Waals surface area contributed by atoms with E-state index in [4.69, 9.17) is 32.4 Å². The van der Waals surface area contributed by atoms with E-state index in [9.17, 15) is 4.79 Å². The zero-order valence-electron chi connectivity index (χ0n) is 16.2. The zero-order chi connectivity index (χ0) is 20.9. The quantitative estimate of drug-likeness (QED) is 0.574. The van der Waals surface area contributed by atoms with Crippen molar-refractivity contribution in [2.75, 3.05) is 36.5 Å². The van der Waals surface area contributed by atoms with Gasteiger partial charge in [0.05, 0.1) is 40.8 Å². The van der Waals surface area contributed by atoms with Gasteiger partial charge in [0.1, 0.15) is 0 Å². The van der Waals surface area contributed by atoms with E-state index in [0.717, 1.165) is 24.3 Å². The summed E-state index contributed by atoms with van der Waals surface area (Å²) in [4.78, 5) is 19.0. The van der Waals surface area contributed by atoms with E-state index in [-0.39, 0.29) is 12.3 Å². The maximum absolute atomic E-state index is 12.6. The van der Waals surface area contributed by atoms with Crippen LogP contribution >= 0.6 is 23.2 Å². The number of carbonyl (C=O) groups excluding carboxylic acids is 1. The van der Waals surface area contributed by atoms with Crippen molar-refractivity contribution in [1.29, 1.82) is 0 Å². The summed E-state index contributed by atoms with van der Waals surface area (Å²) in [7, 11) is 0. The molecule has 3 aromatic rings. The van der Waals surface area contributed by atoms with E-state index in [2.05, 4.69) is 15.2 Å². The van der Waals surface area contributed by atoms with Crippen LogP contribution in [0.2, 0.25) is 10.0 Å². The van der Waals surface area contributed by atoms with Crippen LogP contribution in [0.4, 0.5) is 11.4 Å². The molecule has 1 aliphatic heterocycles. The Labute approximate surface area is 184 Å². The number of oxazole rings is 1. The van der Waals surface area contributed by atoms with Crippen LogP contribution in [-0.2, 0) is 16.0 Å². The summed E-state index contributed by atoms with van der Waals surface area (Å²) >= 11 is 12.6. The second-order valence-electron chi connectivity index (χ2n) is 6.88. The zero-order valence-corrected chi connectivity index (χ0v) is 17.7. The van der Waals surface area contributed by atoms with Crippen molar-refractivity contribution >= 4 is 40.5 Å². The molecule has 1 fully saturated rings. The van der Waals surface area contributed by atoms with E-state index in [0.29, 0.717) is 47.0 Å². The Bertz CT molecular complexity index is 1030. The van der Waals surface area contributed by atoms with Crippen molar-refractivity contribution in [3.8, 4) is 11.3 Å². The van der Waals surface area contributed by atoms with E-state index in [1.54, 1.807) is 12.3 Å². The summed E-state index contributed by atoms with van der Waals surface area (Å²) in [5, 5.41) is 4.17. The maximum Gasteiger partial charge on any atom is 0.224 e. The molecule has 0 spiro atoms. The molecule has 30 heavy (non-hydrogen) atoms. The number of para-hydroxylation sites is 1. The molecule has 0 bridgehead atoms. The maximum atomic E-state index is 12.6. The molecule has 6 nitrogen and oxygen atoms in total. The lowest BCUT2D eigenvalue weighted by molar-refractivity contribution is -0.116. The molecule has 0 radical (unpaired) electrons. The van der Waals surface area contributed by atoms with Crippen LogP contribution in [0, 0.1) is 0 Å². The molecular formula is C22H21Cl2N3O3. The third kappa shape index (κ3) is 4.78. The first-order chi connectivity index (χ1) is 14.6. The van der Waals surface area contributed by atoms with Crippen LogP contribution in [0.25, 0.3) is 11.3 Å². The highest BCUT2D eigenvalue weighted by atomic mass is 35.5. The van der Waals surface area contributed by atoms with Gasteiger partial charge in [-0.05, 0) is 24.3 Å². The molecule has 1 amide bonds. The first kappa shape index (κ1) is 20.7. The molecule has 1 N–H and O–H groups in total. The number of hydrogen-bond acceptors (Lipinski definition) is 5. The number of benzene rings is 2. The average Bonchev–Trinajstić information content (AvgIpc) is 3.22. The number of aromatic nitrogens is 1. The second-order valence-corrected chi connectivity index (χ2v) is 7.70. The van der Waals surface area contributed by atoms with E-state index >= 15 is 0 Å². The first-order valence-electron chi connectivity index (χ1n) is 9.72. The molecule has 2 aromatic carbocycles. The van der Waals surface area contributed by atoms with Crippen molar-refractivity contribution in [3.63, 3.8) is 0 Å². The van der Waals surface area contributed by atoms with Crippen LogP contribution in [0.3, 0.4) is 0 Å². The predicted octanol–water partition coefficient (Wildman–Crippen LogP) is 5.06. The Morgan fingerprint density at radius 3 is 2.63 bits per heavy atom. The van der Waals surface area contributed by atoms with Gasteiger partial charge < -0.3 is 19.4 Å². The van der Waals surface area contributed by atoms with Gasteiger partial charge in [-0.1, -0.05) is 41.4 Å². The monoisotopic (exact) mass is 445 g/mol. The van der Waals surface area contributed by atoms with Gasteiger partial charge in [0, 0.05) is 31.5 Å². The largest absolute Gasteiger partial charge is 0.441 e. The highest BCUT2D eigenvalue weighted by molar-refractivity contribution is 6.34. The second kappa shape index (κ2) is 9.51. The Morgan fingerprint density at radius 1 is 1.07 bits per heavy atom. The lowest BCUT2D eigenvalue weighted by atomic mass is 10.2. The summed E-state index contributed by atoms with van der Waals surface area (Å²) in [6.45, 7) is 2.73. The highest BCUT2D eigenvalue weighted by Crippen LogP contribution is 2.34. The number of anilines is 2. The SMILES string of the molecule is O=C(CCc1ncc(-c2ccccc2Cl)o1)Nc1cccc(Cl)c1N1CCOCC1. The van der Waals surface area contributed by atoms with Crippen LogP contribution in [-0.4, -0.2) is 37.2 Å². The summed E-state index contributed by atoms with van der Waals surface area (Å²) < 4.78 is 11.2. The van der Waals surface area contributed by atoms with Gasteiger partial charge in [-0.15, -0.1) is 0 Å². The fourth-order valence-electron chi connectivity index (χ4n) is 3.37. The Balaban J connectivity index is 1.40. The minimum Gasteiger partial charge on any atom is -0.441 e. The Hall–Kier alpha value is -2.54. The lowest BCUT2D eigenvalue weighted by Crippen LogP contribution is -2.37. The number of hydrogen-bond donors (Lipinski definition) is 1. The van der Waals surface area contributed by atoms with Gasteiger partial charge in [-0.3, -0.25) is 4.79 Å². The number of ether oxygens (including phenoxy) is 1.